The molecule has 1 N–H and O–H groups in total. The standard InChI is InChI=1S/C24H23ClN2O5/c1-4-31-24(30)21-22(16-7-9-18(25)10-8-16)27-32-23(21)26-20(29)12-11-19(28)17-6-5-14(2)15(3)13-17/h5-10,13H,4,11-12H2,1-3H3,(H,26,29). The number of ketones is 1. The number of aromatic nitrogens is 1. The van der Waals surface area contributed by atoms with Gasteiger partial charge in [-0.2, -0.15) is 0 Å². The second kappa shape index (κ2) is 10.2. The summed E-state index contributed by atoms with van der Waals surface area (Å²) in [6, 6.07) is 12.1. The average molecular weight is 455 g/mol. The fourth-order valence-electron chi connectivity index (χ4n) is 3.05. The molecule has 0 unspecified atom stereocenters. The van der Waals surface area contributed by atoms with Crippen LogP contribution in [0, 0.1) is 13.8 Å². The van der Waals surface area contributed by atoms with E-state index in [1.165, 1.54) is 0 Å². The molecule has 0 saturated carbocycles. The Morgan fingerprint density at radius 2 is 1.75 bits per heavy atom. The zero-order valence-electron chi connectivity index (χ0n) is 18.0. The zero-order valence-corrected chi connectivity index (χ0v) is 18.8. The van der Waals surface area contributed by atoms with Crippen LogP contribution < -0.4 is 5.32 Å². The minimum atomic E-state index is -0.680. The highest BCUT2D eigenvalue weighted by Gasteiger charge is 2.26. The fraction of sp³-hybridized carbons (Fsp3) is 0.250. The van der Waals surface area contributed by atoms with Gasteiger partial charge in [0.05, 0.1) is 6.61 Å². The molecule has 1 amide bonds. The molecule has 0 radical (unpaired) electrons. The summed E-state index contributed by atoms with van der Waals surface area (Å²) in [6.07, 6.45) is -0.0632. The van der Waals surface area contributed by atoms with Gasteiger partial charge < -0.3 is 9.26 Å². The Balaban J connectivity index is 1.75. The number of benzene rings is 2. The summed E-state index contributed by atoms with van der Waals surface area (Å²) < 4.78 is 10.3. The number of halogens is 1. The summed E-state index contributed by atoms with van der Waals surface area (Å²) >= 11 is 5.93. The number of ether oxygens (including phenoxy) is 1. The van der Waals surface area contributed by atoms with Gasteiger partial charge in [-0.1, -0.05) is 41.0 Å². The number of carbonyl (C=O) groups excluding carboxylic acids is 3. The van der Waals surface area contributed by atoms with Gasteiger partial charge in [0.2, 0.25) is 11.8 Å². The Morgan fingerprint density at radius 1 is 1.03 bits per heavy atom. The van der Waals surface area contributed by atoms with Crippen molar-refractivity contribution in [2.45, 2.75) is 33.6 Å². The van der Waals surface area contributed by atoms with E-state index in [-0.39, 0.29) is 42.4 Å². The molecule has 2 aromatic carbocycles. The van der Waals surface area contributed by atoms with Crippen molar-refractivity contribution in [1.29, 1.82) is 0 Å². The molecule has 0 aliphatic heterocycles. The highest BCUT2D eigenvalue weighted by molar-refractivity contribution is 6.30. The van der Waals surface area contributed by atoms with Crippen molar-refractivity contribution in [1.82, 2.24) is 5.16 Å². The Morgan fingerprint density at radius 3 is 2.41 bits per heavy atom. The first-order valence-electron chi connectivity index (χ1n) is 10.1. The molecule has 0 bridgehead atoms. The topological polar surface area (TPSA) is 98.5 Å². The van der Waals surface area contributed by atoms with E-state index in [9.17, 15) is 14.4 Å². The molecular formula is C24H23ClN2O5. The van der Waals surface area contributed by atoms with Gasteiger partial charge in [0.25, 0.3) is 0 Å². The van der Waals surface area contributed by atoms with Crippen LogP contribution in [0.1, 0.15) is 51.6 Å². The lowest BCUT2D eigenvalue weighted by molar-refractivity contribution is -0.116. The Labute approximate surface area is 190 Å². The van der Waals surface area contributed by atoms with Gasteiger partial charge in [0.15, 0.2) is 11.3 Å². The molecular weight excluding hydrogens is 432 g/mol. The van der Waals surface area contributed by atoms with E-state index in [0.717, 1.165) is 11.1 Å². The van der Waals surface area contributed by atoms with Crippen LogP contribution in [0.2, 0.25) is 5.02 Å². The van der Waals surface area contributed by atoms with Gasteiger partial charge in [0.1, 0.15) is 5.69 Å². The van der Waals surface area contributed by atoms with Gasteiger partial charge in [0, 0.05) is 29.0 Å². The van der Waals surface area contributed by atoms with Crippen LogP contribution in [0.3, 0.4) is 0 Å². The lowest BCUT2D eigenvalue weighted by Crippen LogP contribution is -2.16. The third-order valence-corrected chi connectivity index (χ3v) is 5.20. The highest BCUT2D eigenvalue weighted by atomic mass is 35.5. The monoisotopic (exact) mass is 454 g/mol. The lowest BCUT2D eigenvalue weighted by atomic mass is 10.0. The van der Waals surface area contributed by atoms with E-state index in [2.05, 4.69) is 10.5 Å². The average Bonchev–Trinajstić information content (AvgIpc) is 3.18. The van der Waals surface area contributed by atoms with Gasteiger partial charge in [-0.15, -0.1) is 0 Å². The summed E-state index contributed by atoms with van der Waals surface area (Å²) in [4.78, 5) is 37.4. The van der Waals surface area contributed by atoms with Crippen LogP contribution in [0.5, 0.6) is 0 Å². The van der Waals surface area contributed by atoms with E-state index in [4.69, 9.17) is 20.9 Å². The van der Waals surface area contributed by atoms with Crippen LogP contribution in [0.4, 0.5) is 5.88 Å². The molecule has 166 valence electrons. The second-order valence-electron chi connectivity index (χ2n) is 7.23. The number of anilines is 1. The molecule has 0 saturated heterocycles. The van der Waals surface area contributed by atoms with E-state index in [1.54, 1.807) is 37.3 Å². The second-order valence-corrected chi connectivity index (χ2v) is 7.67. The SMILES string of the molecule is CCOC(=O)c1c(-c2ccc(Cl)cc2)noc1NC(=O)CCC(=O)c1ccc(C)c(C)c1. The molecule has 32 heavy (non-hydrogen) atoms. The smallest absolute Gasteiger partial charge is 0.346 e. The highest BCUT2D eigenvalue weighted by Crippen LogP contribution is 2.30. The number of esters is 1. The number of carbonyl (C=O) groups is 3. The normalized spacial score (nSPS) is 10.6. The molecule has 0 aliphatic rings. The van der Waals surface area contributed by atoms with Crippen molar-refractivity contribution < 1.29 is 23.6 Å². The Kier molecular flexibility index (Phi) is 7.43. The van der Waals surface area contributed by atoms with Crippen molar-refractivity contribution in [2.24, 2.45) is 0 Å². The molecule has 3 aromatic rings. The molecule has 1 heterocycles. The fourth-order valence-corrected chi connectivity index (χ4v) is 3.17. The molecule has 0 fully saturated rings. The van der Waals surface area contributed by atoms with Crippen LogP contribution in [0.15, 0.2) is 47.0 Å². The summed E-state index contributed by atoms with van der Waals surface area (Å²) in [7, 11) is 0. The van der Waals surface area contributed by atoms with Gasteiger partial charge in [-0.05, 0) is 50.1 Å². The first-order chi connectivity index (χ1) is 15.3. The molecule has 7 nitrogen and oxygen atoms in total. The number of hydrogen-bond donors (Lipinski definition) is 1. The van der Waals surface area contributed by atoms with E-state index >= 15 is 0 Å². The minimum absolute atomic E-state index is 0.00279. The van der Waals surface area contributed by atoms with Crippen LogP contribution in [0.25, 0.3) is 11.3 Å². The summed E-state index contributed by atoms with van der Waals surface area (Å²) in [5.41, 5.74) is 3.46. The minimum Gasteiger partial charge on any atom is -0.462 e. The predicted octanol–water partition coefficient (Wildman–Crippen LogP) is 5.39. The predicted molar refractivity (Wildman–Crippen MR) is 121 cm³/mol. The third kappa shape index (κ3) is 5.42. The Hall–Kier alpha value is -3.45. The summed E-state index contributed by atoms with van der Waals surface area (Å²) in [6.45, 7) is 5.71. The maximum atomic E-state index is 12.5. The number of amides is 1. The molecule has 0 atom stereocenters. The first kappa shape index (κ1) is 23.2. The quantitative estimate of drug-likeness (QED) is 0.362. The third-order valence-electron chi connectivity index (χ3n) is 4.95. The van der Waals surface area contributed by atoms with E-state index < -0.39 is 11.9 Å². The summed E-state index contributed by atoms with van der Waals surface area (Å²) in [5.74, 6) is -1.43. The number of nitrogens with one attached hydrogen (secondary N) is 1. The van der Waals surface area contributed by atoms with E-state index in [1.807, 2.05) is 26.0 Å². The number of Topliss-reactive ketones (excluding diaryl/α,β-unsaturated/α-hetero) is 1. The number of hydrogen-bond acceptors (Lipinski definition) is 6. The number of nitrogens with zero attached hydrogens (tertiary/aromatic N) is 1. The van der Waals surface area contributed by atoms with Crippen LogP contribution in [-0.4, -0.2) is 29.4 Å². The number of rotatable bonds is 8. The van der Waals surface area contributed by atoms with Crippen molar-refractivity contribution in [2.75, 3.05) is 11.9 Å². The molecule has 3 rings (SSSR count). The van der Waals surface area contributed by atoms with Crippen LogP contribution >= 0.6 is 11.6 Å². The molecule has 0 spiro atoms. The van der Waals surface area contributed by atoms with Crippen LogP contribution in [-0.2, 0) is 9.53 Å². The van der Waals surface area contributed by atoms with Crippen molar-refractivity contribution in [3.8, 4) is 11.3 Å². The van der Waals surface area contributed by atoms with Crippen molar-refractivity contribution in [3.05, 3.63) is 69.7 Å². The van der Waals surface area contributed by atoms with E-state index in [0.29, 0.717) is 16.1 Å². The van der Waals surface area contributed by atoms with Gasteiger partial charge >= 0.3 is 5.97 Å². The number of aryl methyl sites for hydroxylation is 2. The molecule has 0 aliphatic carbocycles. The first-order valence-corrected chi connectivity index (χ1v) is 10.5. The molecule has 1 aromatic heterocycles. The largest absolute Gasteiger partial charge is 0.462 e. The zero-order chi connectivity index (χ0) is 23.3. The maximum absolute atomic E-state index is 12.5. The van der Waals surface area contributed by atoms with Crippen molar-refractivity contribution >= 4 is 35.1 Å². The Bertz CT molecular complexity index is 1150. The van der Waals surface area contributed by atoms with Gasteiger partial charge in [-0.3, -0.25) is 14.9 Å². The summed E-state index contributed by atoms with van der Waals surface area (Å²) in [5, 5.41) is 6.99. The molecule has 8 heteroatoms. The van der Waals surface area contributed by atoms with Crippen molar-refractivity contribution in [3.63, 3.8) is 0 Å². The maximum Gasteiger partial charge on any atom is 0.346 e. The van der Waals surface area contributed by atoms with Gasteiger partial charge in [-0.25, -0.2) is 4.79 Å². The lowest BCUT2D eigenvalue weighted by Gasteiger charge is -2.07.